The number of Topliss-reactive ketones (excluding diaryl/α,β-unsaturated/α-hetero) is 1. The third-order valence-corrected chi connectivity index (χ3v) is 7.05. The molecule has 3 aromatic carbocycles. The second kappa shape index (κ2) is 9.53. The maximum atomic E-state index is 12.9. The topological polar surface area (TPSA) is 54.6 Å². The van der Waals surface area contributed by atoms with Crippen molar-refractivity contribution in [1.29, 1.82) is 0 Å². The SMILES string of the molecule is Cc1cc(C)cc(-n2c(O)c(C(=NCC(=O)C3CCCC3)c3ccccc3)c3ccc(C)cc32)c1. The molecule has 4 aromatic rings. The molecular formula is C31H32N2O2. The number of aromatic hydroxyl groups is 1. The predicted molar refractivity (Wildman–Crippen MR) is 143 cm³/mol. The number of hydrogen-bond acceptors (Lipinski definition) is 3. The van der Waals surface area contributed by atoms with Gasteiger partial charge in [-0.1, -0.05) is 61.4 Å². The first-order valence-electron chi connectivity index (χ1n) is 12.5. The Morgan fingerprint density at radius 2 is 1.60 bits per heavy atom. The van der Waals surface area contributed by atoms with Crippen LogP contribution in [-0.4, -0.2) is 27.7 Å². The van der Waals surface area contributed by atoms with Crippen molar-refractivity contribution in [3.8, 4) is 11.6 Å². The first-order valence-corrected chi connectivity index (χ1v) is 12.5. The fourth-order valence-electron chi connectivity index (χ4n) is 5.40. The number of hydrogen-bond donors (Lipinski definition) is 1. The highest BCUT2D eigenvalue weighted by atomic mass is 16.3. The molecule has 0 spiro atoms. The van der Waals surface area contributed by atoms with E-state index in [1.54, 1.807) is 0 Å². The van der Waals surface area contributed by atoms with E-state index >= 15 is 0 Å². The second-order valence-electron chi connectivity index (χ2n) is 9.88. The molecule has 0 radical (unpaired) electrons. The monoisotopic (exact) mass is 464 g/mol. The molecule has 0 aliphatic heterocycles. The van der Waals surface area contributed by atoms with Crippen LogP contribution in [0.4, 0.5) is 0 Å². The van der Waals surface area contributed by atoms with Crippen molar-refractivity contribution in [2.45, 2.75) is 46.5 Å². The van der Waals surface area contributed by atoms with E-state index in [-0.39, 0.29) is 24.1 Å². The van der Waals surface area contributed by atoms with E-state index in [1.165, 1.54) is 0 Å². The molecule has 1 N–H and O–H groups in total. The Morgan fingerprint density at radius 1 is 0.914 bits per heavy atom. The fraction of sp³-hybridized carbons (Fsp3) is 0.290. The van der Waals surface area contributed by atoms with Crippen LogP contribution in [0.1, 0.15) is 53.5 Å². The maximum Gasteiger partial charge on any atom is 0.206 e. The summed E-state index contributed by atoms with van der Waals surface area (Å²) in [5, 5.41) is 12.7. The molecule has 1 aliphatic rings. The van der Waals surface area contributed by atoms with Gasteiger partial charge in [-0.3, -0.25) is 14.4 Å². The largest absolute Gasteiger partial charge is 0.494 e. The van der Waals surface area contributed by atoms with Crippen LogP contribution in [0.25, 0.3) is 16.6 Å². The molecular weight excluding hydrogens is 432 g/mol. The Morgan fingerprint density at radius 3 is 2.29 bits per heavy atom. The van der Waals surface area contributed by atoms with Crippen LogP contribution in [0.3, 0.4) is 0 Å². The van der Waals surface area contributed by atoms with Gasteiger partial charge in [0, 0.05) is 22.6 Å². The number of aryl methyl sites for hydroxylation is 3. The van der Waals surface area contributed by atoms with E-state index in [1.807, 2.05) is 34.9 Å². The summed E-state index contributed by atoms with van der Waals surface area (Å²) < 4.78 is 1.91. The number of ketones is 1. The quantitative estimate of drug-likeness (QED) is 0.317. The van der Waals surface area contributed by atoms with Gasteiger partial charge in [0.05, 0.1) is 23.3 Å². The minimum absolute atomic E-state index is 0.114. The summed E-state index contributed by atoms with van der Waals surface area (Å²) in [6.07, 6.45) is 4.17. The van der Waals surface area contributed by atoms with E-state index < -0.39 is 0 Å². The smallest absolute Gasteiger partial charge is 0.206 e. The van der Waals surface area contributed by atoms with Crippen molar-refractivity contribution >= 4 is 22.4 Å². The summed E-state index contributed by atoms with van der Waals surface area (Å²) >= 11 is 0. The Balaban J connectivity index is 1.72. The molecule has 35 heavy (non-hydrogen) atoms. The predicted octanol–water partition coefficient (Wildman–Crippen LogP) is 6.86. The van der Waals surface area contributed by atoms with Gasteiger partial charge in [-0.25, -0.2) is 0 Å². The average Bonchev–Trinajstić information content (AvgIpc) is 3.46. The summed E-state index contributed by atoms with van der Waals surface area (Å²) in [6, 6.07) is 22.4. The summed E-state index contributed by atoms with van der Waals surface area (Å²) in [7, 11) is 0. The first kappa shape index (κ1) is 23.1. The van der Waals surface area contributed by atoms with Crippen molar-refractivity contribution in [3.05, 3.63) is 94.5 Å². The number of benzene rings is 3. The van der Waals surface area contributed by atoms with Crippen LogP contribution in [-0.2, 0) is 4.79 Å². The van der Waals surface area contributed by atoms with Gasteiger partial charge >= 0.3 is 0 Å². The van der Waals surface area contributed by atoms with Gasteiger partial charge in [0.25, 0.3) is 0 Å². The summed E-state index contributed by atoms with van der Waals surface area (Å²) in [4.78, 5) is 17.8. The molecule has 178 valence electrons. The minimum Gasteiger partial charge on any atom is -0.494 e. The van der Waals surface area contributed by atoms with E-state index in [4.69, 9.17) is 4.99 Å². The van der Waals surface area contributed by atoms with Crippen LogP contribution < -0.4 is 0 Å². The van der Waals surface area contributed by atoms with Crippen molar-refractivity contribution in [3.63, 3.8) is 0 Å². The second-order valence-corrected chi connectivity index (χ2v) is 9.88. The van der Waals surface area contributed by atoms with Gasteiger partial charge in [-0.15, -0.1) is 0 Å². The molecule has 1 aromatic heterocycles. The average molecular weight is 465 g/mol. The normalized spacial score (nSPS) is 14.7. The lowest BCUT2D eigenvalue weighted by Crippen LogP contribution is -2.16. The van der Waals surface area contributed by atoms with Crippen LogP contribution in [0.2, 0.25) is 0 Å². The first-order chi connectivity index (χ1) is 16.9. The summed E-state index contributed by atoms with van der Waals surface area (Å²) in [6.45, 7) is 6.33. The van der Waals surface area contributed by atoms with Gasteiger partial charge in [0.15, 0.2) is 5.78 Å². The third-order valence-electron chi connectivity index (χ3n) is 7.05. The van der Waals surface area contributed by atoms with E-state index in [9.17, 15) is 9.90 Å². The summed E-state index contributed by atoms with van der Waals surface area (Å²) in [5.41, 5.74) is 7.44. The third kappa shape index (κ3) is 4.53. The number of carbonyl (C=O) groups is 1. The number of aromatic nitrogens is 1. The molecule has 5 rings (SSSR count). The van der Waals surface area contributed by atoms with Gasteiger partial charge in [0.1, 0.15) is 0 Å². The van der Waals surface area contributed by atoms with E-state index in [0.717, 1.165) is 64.5 Å². The van der Waals surface area contributed by atoms with Gasteiger partial charge < -0.3 is 5.11 Å². The molecule has 0 amide bonds. The number of nitrogens with zero attached hydrogens (tertiary/aromatic N) is 2. The fourth-order valence-corrected chi connectivity index (χ4v) is 5.40. The Labute approximate surface area is 207 Å². The van der Waals surface area contributed by atoms with Crippen molar-refractivity contribution in [1.82, 2.24) is 4.57 Å². The number of carbonyl (C=O) groups excluding carboxylic acids is 1. The zero-order chi connectivity index (χ0) is 24.5. The molecule has 1 heterocycles. The Kier molecular flexibility index (Phi) is 6.29. The molecule has 1 saturated carbocycles. The maximum absolute atomic E-state index is 12.9. The van der Waals surface area contributed by atoms with E-state index in [0.29, 0.717) is 11.3 Å². The van der Waals surface area contributed by atoms with Crippen LogP contribution >= 0.6 is 0 Å². The molecule has 4 nitrogen and oxygen atoms in total. The highest BCUT2D eigenvalue weighted by Gasteiger charge is 2.25. The van der Waals surface area contributed by atoms with Crippen LogP contribution in [0.5, 0.6) is 5.88 Å². The molecule has 0 bridgehead atoms. The number of rotatable bonds is 6. The zero-order valence-corrected chi connectivity index (χ0v) is 20.7. The Bertz CT molecular complexity index is 1400. The molecule has 1 fully saturated rings. The molecule has 0 unspecified atom stereocenters. The van der Waals surface area contributed by atoms with E-state index in [2.05, 4.69) is 57.2 Å². The van der Waals surface area contributed by atoms with Gasteiger partial charge in [-0.05, 0) is 68.5 Å². The number of aliphatic imine (C=N–C) groups is 1. The van der Waals surface area contributed by atoms with Crippen molar-refractivity contribution in [2.75, 3.05) is 6.54 Å². The lowest BCUT2D eigenvalue weighted by atomic mass is 9.99. The van der Waals surface area contributed by atoms with Gasteiger partial charge in [0.2, 0.25) is 5.88 Å². The highest BCUT2D eigenvalue weighted by Crippen LogP contribution is 2.37. The lowest BCUT2D eigenvalue weighted by molar-refractivity contribution is -0.121. The van der Waals surface area contributed by atoms with Gasteiger partial charge in [-0.2, -0.15) is 0 Å². The molecule has 0 atom stereocenters. The number of fused-ring (bicyclic) bond motifs is 1. The molecule has 1 aliphatic carbocycles. The van der Waals surface area contributed by atoms with Crippen LogP contribution in [0, 0.1) is 26.7 Å². The minimum atomic E-state index is 0.114. The lowest BCUT2D eigenvalue weighted by Gasteiger charge is -2.11. The molecule has 4 heteroatoms. The summed E-state index contributed by atoms with van der Waals surface area (Å²) in [5.74, 6) is 0.458. The van der Waals surface area contributed by atoms with Crippen LogP contribution in [0.15, 0.2) is 71.7 Å². The van der Waals surface area contributed by atoms with Crippen molar-refractivity contribution in [2.24, 2.45) is 10.9 Å². The molecule has 0 saturated heterocycles. The van der Waals surface area contributed by atoms with Crippen molar-refractivity contribution < 1.29 is 9.90 Å². The Hall–Kier alpha value is -3.66. The zero-order valence-electron chi connectivity index (χ0n) is 20.7. The standard InChI is InChI=1S/C31H32N2O2/c1-20-13-14-26-27(18-20)33(25-16-21(2)15-22(3)17-25)31(35)29(26)30(24-11-5-4-6-12-24)32-19-28(34)23-9-7-8-10-23/h4-6,11-18,23,35H,7-10,19H2,1-3H3. The highest BCUT2D eigenvalue weighted by molar-refractivity contribution is 6.22.